The molecule has 3 N–H and O–H groups in total. The SMILES string of the molecule is Cc1c(C(=O)N(C)c2c(N)n(Cc3ccccc3)c(=O)[nH]c2=O)cnn1-c1ccccc1F. The third-order valence-electron chi connectivity index (χ3n) is 5.36. The third kappa shape index (κ3) is 3.93. The van der Waals surface area contributed by atoms with Crippen molar-refractivity contribution in [2.45, 2.75) is 13.5 Å². The van der Waals surface area contributed by atoms with Crippen LogP contribution in [0.1, 0.15) is 21.6 Å². The molecule has 0 fully saturated rings. The zero-order chi connectivity index (χ0) is 23.7. The molecule has 0 unspecified atom stereocenters. The standard InChI is InChI=1S/C23H21FN6O3/c1-14-16(12-26-30(14)18-11-7-6-10-17(18)24)22(32)28(2)19-20(25)29(23(33)27-21(19)31)13-15-8-4-3-5-9-15/h3-12H,13,25H2,1-2H3,(H,27,31,33). The minimum atomic E-state index is -0.795. The van der Waals surface area contributed by atoms with Crippen molar-refractivity contribution in [3.8, 4) is 5.69 Å². The van der Waals surface area contributed by atoms with E-state index in [4.69, 9.17) is 5.73 Å². The lowest BCUT2D eigenvalue weighted by molar-refractivity contribution is 0.0992. The molecule has 2 heterocycles. The van der Waals surface area contributed by atoms with Gasteiger partial charge in [-0.2, -0.15) is 5.10 Å². The first kappa shape index (κ1) is 21.8. The van der Waals surface area contributed by atoms with Crippen molar-refractivity contribution in [1.82, 2.24) is 19.3 Å². The summed E-state index contributed by atoms with van der Waals surface area (Å²) in [5, 5.41) is 4.13. The minimum Gasteiger partial charge on any atom is -0.383 e. The summed E-state index contributed by atoms with van der Waals surface area (Å²) in [5.74, 6) is -1.23. The molecular formula is C23H21FN6O3. The Morgan fingerprint density at radius 3 is 2.48 bits per heavy atom. The normalized spacial score (nSPS) is 10.9. The number of carbonyl (C=O) groups excluding carboxylic acids is 1. The summed E-state index contributed by atoms with van der Waals surface area (Å²) in [6.07, 6.45) is 1.30. The molecular weight excluding hydrogens is 427 g/mol. The van der Waals surface area contributed by atoms with E-state index in [1.165, 1.54) is 34.6 Å². The first-order valence-corrected chi connectivity index (χ1v) is 10.0. The van der Waals surface area contributed by atoms with Gasteiger partial charge in [-0.05, 0) is 24.6 Å². The van der Waals surface area contributed by atoms with Crippen LogP contribution in [0.4, 0.5) is 15.9 Å². The lowest BCUT2D eigenvalue weighted by atomic mass is 10.2. The van der Waals surface area contributed by atoms with Gasteiger partial charge in [0.05, 0.1) is 24.0 Å². The fraction of sp³-hybridized carbons (Fsp3) is 0.130. The van der Waals surface area contributed by atoms with E-state index in [1.54, 1.807) is 19.1 Å². The van der Waals surface area contributed by atoms with Crippen LogP contribution in [0.5, 0.6) is 0 Å². The molecule has 0 aliphatic carbocycles. The van der Waals surface area contributed by atoms with Crippen LogP contribution in [0.15, 0.2) is 70.4 Å². The number of carbonyl (C=O) groups is 1. The average molecular weight is 448 g/mol. The number of aromatic nitrogens is 4. The Hall–Kier alpha value is -4.47. The molecule has 0 saturated heterocycles. The number of nitrogens with zero attached hydrogens (tertiary/aromatic N) is 4. The maximum absolute atomic E-state index is 14.2. The van der Waals surface area contributed by atoms with Crippen LogP contribution in [0.3, 0.4) is 0 Å². The molecule has 10 heteroatoms. The topological polar surface area (TPSA) is 119 Å². The van der Waals surface area contributed by atoms with Crippen LogP contribution in [0.2, 0.25) is 0 Å². The third-order valence-corrected chi connectivity index (χ3v) is 5.36. The van der Waals surface area contributed by atoms with Crippen LogP contribution in [-0.2, 0) is 6.54 Å². The second-order valence-corrected chi connectivity index (χ2v) is 7.44. The van der Waals surface area contributed by atoms with E-state index < -0.39 is 23.0 Å². The largest absolute Gasteiger partial charge is 0.383 e. The van der Waals surface area contributed by atoms with Gasteiger partial charge in [0.15, 0.2) is 5.69 Å². The Morgan fingerprint density at radius 2 is 1.79 bits per heavy atom. The number of hydrogen-bond donors (Lipinski definition) is 2. The van der Waals surface area contributed by atoms with E-state index in [0.717, 1.165) is 10.5 Å². The molecule has 33 heavy (non-hydrogen) atoms. The van der Waals surface area contributed by atoms with E-state index in [9.17, 15) is 18.8 Å². The maximum Gasteiger partial charge on any atom is 0.330 e. The predicted molar refractivity (Wildman–Crippen MR) is 122 cm³/mol. The Bertz CT molecular complexity index is 1460. The highest BCUT2D eigenvalue weighted by Gasteiger charge is 2.25. The van der Waals surface area contributed by atoms with E-state index >= 15 is 0 Å². The number of H-pyrrole nitrogens is 1. The molecule has 0 atom stereocenters. The number of halogens is 1. The number of amides is 1. The quantitative estimate of drug-likeness (QED) is 0.485. The minimum absolute atomic E-state index is 0.113. The summed E-state index contributed by atoms with van der Waals surface area (Å²) in [7, 11) is 1.38. The molecule has 0 aliphatic heterocycles. The van der Waals surface area contributed by atoms with E-state index in [-0.39, 0.29) is 29.3 Å². The summed E-state index contributed by atoms with van der Waals surface area (Å²) in [6, 6.07) is 15.1. The summed E-state index contributed by atoms with van der Waals surface area (Å²) >= 11 is 0. The van der Waals surface area contributed by atoms with Crippen LogP contribution in [0.25, 0.3) is 5.69 Å². The molecule has 9 nitrogen and oxygen atoms in total. The number of para-hydroxylation sites is 1. The van der Waals surface area contributed by atoms with Gasteiger partial charge < -0.3 is 10.6 Å². The Morgan fingerprint density at radius 1 is 1.12 bits per heavy atom. The van der Waals surface area contributed by atoms with Gasteiger partial charge >= 0.3 is 5.69 Å². The molecule has 168 valence electrons. The smallest absolute Gasteiger partial charge is 0.330 e. The van der Waals surface area contributed by atoms with E-state index in [1.807, 2.05) is 30.3 Å². The molecule has 0 saturated carbocycles. The molecule has 0 aliphatic rings. The van der Waals surface area contributed by atoms with Crippen LogP contribution in [-0.4, -0.2) is 32.3 Å². The highest BCUT2D eigenvalue weighted by Crippen LogP contribution is 2.22. The molecule has 4 aromatic rings. The van der Waals surface area contributed by atoms with Gasteiger partial charge in [-0.3, -0.25) is 19.1 Å². The van der Waals surface area contributed by atoms with Crippen molar-refractivity contribution < 1.29 is 9.18 Å². The molecule has 2 aromatic heterocycles. The number of aromatic amines is 1. The van der Waals surface area contributed by atoms with Crippen molar-refractivity contribution in [3.63, 3.8) is 0 Å². The molecule has 2 aromatic carbocycles. The van der Waals surface area contributed by atoms with Crippen molar-refractivity contribution in [3.05, 3.63) is 104 Å². The molecule has 0 spiro atoms. The Labute approximate surface area is 187 Å². The Balaban J connectivity index is 1.73. The summed E-state index contributed by atoms with van der Waals surface area (Å²) in [4.78, 5) is 41.5. The highest BCUT2D eigenvalue weighted by atomic mass is 19.1. The lowest BCUT2D eigenvalue weighted by Gasteiger charge is -2.20. The number of nitrogens with one attached hydrogen (secondary N) is 1. The van der Waals surface area contributed by atoms with E-state index in [0.29, 0.717) is 5.69 Å². The van der Waals surface area contributed by atoms with Gasteiger partial charge in [-0.15, -0.1) is 0 Å². The number of benzene rings is 2. The van der Waals surface area contributed by atoms with Gasteiger partial charge in [0.25, 0.3) is 11.5 Å². The van der Waals surface area contributed by atoms with E-state index in [2.05, 4.69) is 10.1 Å². The maximum atomic E-state index is 14.2. The van der Waals surface area contributed by atoms with Crippen molar-refractivity contribution in [2.75, 3.05) is 17.7 Å². The second kappa shape index (κ2) is 8.58. The fourth-order valence-electron chi connectivity index (χ4n) is 3.59. The van der Waals surface area contributed by atoms with Gasteiger partial charge in [0.1, 0.15) is 17.3 Å². The number of nitrogen functional groups attached to an aromatic ring is 1. The second-order valence-electron chi connectivity index (χ2n) is 7.44. The number of hydrogen-bond acceptors (Lipinski definition) is 5. The number of nitrogens with two attached hydrogens (primary N) is 1. The predicted octanol–water partition coefficient (Wildman–Crippen LogP) is 2.08. The average Bonchev–Trinajstić information content (AvgIpc) is 3.18. The summed E-state index contributed by atoms with van der Waals surface area (Å²) < 4.78 is 16.7. The van der Waals surface area contributed by atoms with Crippen LogP contribution in [0, 0.1) is 12.7 Å². The molecule has 0 bridgehead atoms. The monoisotopic (exact) mass is 448 g/mol. The zero-order valence-electron chi connectivity index (χ0n) is 17.9. The highest BCUT2D eigenvalue weighted by molar-refractivity contribution is 6.07. The van der Waals surface area contributed by atoms with Gasteiger partial charge in [0.2, 0.25) is 0 Å². The lowest BCUT2D eigenvalue weighted by Crippen LogP contribution is -2.39. The molecule has 1 amide bonds. The first-order valence-electron chi connectivity index (χ1n) is 10.0. The van der Waals surface area contributed by atoms with Gasteiger partial charge in [-0.1, -0.05) is 42.5 Å². The fourth-order valence-corrected chi connectivity index (χ4v) is 3.59. The van der Waals surface area contributed by atoms with Crippen molar-refractivity contribution in [1.29, 1.82) is 0 Å². The summed E-state index contributed by atoms with van der Waals surface area (Å²) in [6.45, 7) is 1.73. The van der Waals surface area contributed by atoms with Crippen molar-refractivity contribution >= 4 is 17.4 Å². The number of anilines is 2. The molecule has 0 radical (unpaired) electrons. The van der Waals surface area contributed by atoms with Gasteiger partial charge in [0, 0.05) is 7.05 Å². The summed E-state index contributed by atoms with van der Waals surface area (Å²) in [5.41, 5.74) is 6.04. The number of rotatable bonds is 5. The van der Waals surface area contributed by atoms with Gasteiger partial charge in [-0.25, -0.2) is 13.9 Å². The van der Waals surface area contributed by atoms with Crippen molar-refractivity contribution in [2.24, 2.45) is 0 Å². The van der Waals surface area contributed by atoms with Crippen LogP contribution >= 0.6 is 0 Å². The van der Waals surface area contributed by atoms with Crippen LogP contribution < -0.4 is 21.9 Å². The first-order chi connectivity index (χ1) is 15.8. The molecule has 4 rings (SSSR count). The zero-order valence-corrected chi connectivity index (χ0v) is 17.9. The Kier molecular flexibility index (Phi) is 5.65.